The number of fused-ring (bicyclic) bond motifs is 1. The molecule has 2 aromatic heterocycles. The second kappa shape index (κ2) is 62.1. The minimum Gasteiger partial charge on any atom is -0.480 e. The number of amides is 12. The van der Waals surface area contributed by atoms with Crippen LogP contribution >= 0.6 is 12.8 Å². The number of benzene rings is 1. The Labute approximate surface area is 583 Å². The third kappa shape index (κ3) is 56.7. The van der Waals surface area contributed by atoms with Crippen molar-refractivity contribution in [3.05, 3.63) is 52.1 Å². The van der Waals surface area contributed by atoms with Gasteiger partial charge in [-0.05, 0) is 76.4 Å². The van der Waals surface area contributed by atoms with Gasteiger partial charge in [-0.15, -0.1) is 0 Å². The Kier molecular flexibility index (Phi) is 59.6. The van der Waals surface area contributed by atoms with Crippen molar-refractivity contribution in [3.8, 4) is 0 Å². The Balaban J connectivity index is -0.000000647. The van der Waals surface area contributed by atoms with Gasteiger partial charge in [0, 0.05) is 76.8 Å². The number of aromatic nitrogens is 4. The Morgan fingerprint density at radius 1 is 0.660 bits per heavy atom. The van der Waals surface area contributed by atoms with Gasteiger partial charge in [-0.2, -0.15) is 10.1 Å². The summed E-state index contributed by atoms with van der Waals surface area (Å²) >= 11 is 3.69. The van der Waals surface area contributed by atoms with E-state index in [1.54, 1.807) is 46.2 Å². The van der Waals surface area contributed by atoms with Crippen LogP contribution in [0.15, 0.2) is 40.4 Å². The molecule has 5 rings (SSSR count). The van der Waals surface area contributed by atoms with Crippen LogP contribution in [0.2, 0.25) is 0 Å². The first-order chi connectivity index (χ1) is 47.4. The van der Waals surface area contributed by atoms with Crippen LogP contribution in [0, 0.1) is 11.8 Å². The van der Waals surface area contributed by atoms with Crippen molar-refractivity contribution in [2.24, 2.45) is 40.2 Å². The molecule has 1 atom stereocenters. The molecule has 28 N–H and O–H groups in total. The van der Waals surface area contributed by atoms with E-state index in [4.69, 9.17) is 11.5 Å². The number of hydrogen-bond acceptors (Lipinski definition) is 29. The molecule has 12 amide bonds. The number of carbonyl (C=O) groups excluding carboxylic acids is 13. The molecule has 42 nitrogen and oxygen atoms in total. The number of carboxylic acid groups (broad SMARTS) is 1. The highest BCUT2D eigenvalue weighted by molar-refractivity contribution is 7.78. The smallest absolute Gasteiger partial charge is 0.326 e. The second-order valence-electron chi connectivity index (χ2n) is 20.1. The maximum atomic E-state index is 12.7. The molecule has 0 radical (unpaired) electrons. The van der Waals surface area contributed by atoms with Gasteiger partial charge < -0.3 is 48.0 Å². The molecule has 1 unspecified atom stereocenters. The normalized spacial score (nSPS) is 11.6. The quantitative estimate of drug-likeness (QED) is 0.00852. The average Bonchev–Trinajstić information content (AvgIpc) is 0.905. The lowest BCUT2D eigenvalue weighted by Crippen LogP contribution is -2.43. The van der Waals surface area contributed by atoms with Crippen LogP contribution in [0.25, 0.3) is 11.2 Å². The van der Waals surface area contributed by atoms with Gasteiger partial charge in [0.25, 0.3) is 29.2 Å². The summed E-state index contributed by atoms with van der Waals surface area (Å²) in [5.41, 5.74) is 32.4. The Hall–Kier alpha value is -10.4. The first-order valence-corrected chi connectivity index (χ1v) is 31.3. The highest BCUT2D eigenvalue weighted by Gasteiger charge is 2.22. The molecule has 0 bridgehead atoms. The molecule has 43 heteroatoms. The SMILES string of the molecule is CC(=O)NN.CC(=O)NNC(=O)CN.CCC(=O)NN.CCC(=O)NN.CCC(=O)NNC(C)=O.CNCC(=O)NNC(C)=O.CNCNS.Nc1nc2ncc(CNc3ccc(C(=O)NC(CCC(=O)NCC(=O)N/N=C/C4CCCC4)C(=O)O)cc3)nc2c(=O)[nH]1.O=CC1CCCC1. The van der Waals surface area contributed by atoms with E-state index in [0.29, 0.717) is 42.5 Å². The number of hydrazone groups is 1. The van der Waals surface area contributed by atoms with Crippen molar-refractivity contribution in [3.63, 3.8) is 0 Å². The van der Waals surface area contributed by atoms with Gasteiger partial charge in [0.2, 0.25) is 53.2 Å². The van der Waals surface area contributed by atoms with E-state index in [1.165, 1.54) is 58.9 Å². The minimum absolute atomic E-state index is 0.0518. The van der Waals surface area contributed by atoms with Crippen LogP contribution in [-0.4, -0.2) is 161 Å². The summed E-state index contributed by atoms with van der Waals surface area (Å²) in [6.07, 6.45) is 14.3. The summed E-state index contributed by atoms with van der Waals surface area (Å²) in [7, 11) is 3.50. The number of nitrogens with two attached hydrogens (primary N) is 5. The minimum atomic E-state index is -1.32. The van der Waals surface area contributed by atoms with E-state index in [2.05, 4.69) is 125 Å². The van der Waals surface area contributed by atoms with Gasteiger partial charge in [0.1, 0.15) is 12.3 Å². The van der Waals surface area contributed by atoms with Crippen LogP contribution in [0.3, 0.4) is 0 Å². The predicted molar refractivity (Wildman–Crippen MR) is 372 cm³/mol. The molecule has 2 aliphatic rings. The van der Waals surface area contributed by atoms with Crippen molar-refractivity contribution in [2.75, 3.05) is 51.4 Å². The zero-order valence-electron chi connectivity index (χ0n) is 57.7. The maximum Gasteiger partial charge on any atom is 0.326 e. The summed E-state index contributed by atoms with van der Waals surface area (Å²) in [4.78, 5) is 176. The first-order valence-electron chi connectivity index (χ1n) is 30.8. The summed E-state index contributed by atoms with van der Waals surface area (Å²) in [5, 5.41) is 26.8. The van der Waals surface area contributed by atoms with Crippen molar-refractivity contribution < 1.29 is 72.2 Å². The molecule has 2 aliphatic carbocycles. The fourth-order valence-electron chi connectivity index (χ4n) is 6.58. The Bertz CT molecular complexity index is 2980. The topological polar surface area (TPSA) is 666 Å². The zero-order chi connectivity index (χ0) is 76.8. The molecule has 2 heterocycles. The number of carbonyl (C=O) groups is 14. The number of nitrogen functional groups attached to an aromatic ring is 1. The van der Waals surface area contributed by atoms with Crippen molar-refractivity contribution in [2.45, 2.75) is 145 Å². The molecular formula is C57H102N26O16S. The number of likely N-dealkylation sites (N-methyl/N-ethyl adjacent to an activating group) is 1. The number of aromatic amines is 1. The maximum absolute atomic E-state index is 12.7. The third-order valence-electron chi connectivity index (χ3n) is 11.7. The van der Waals surface area contributed by atoms with Gasteiger partial charge in [-0.25, -0.2) is 37.7 Å². The number of thiol groups is 1. The fourth-order valence-corrected chi connectivity index (χ4v) is 6.74. The van der Waals surface area contributed by atoms with Gasteiger partial charge in [-0.3, -0.25) is 121 Å². The molecule has 562 valence electrons. The lowest BCUT2D eigenvalue weighted by Gasteiger charge is -2.15. The molecule has 2 saturated carbocycles. The number of aliphatic carboxylic acids is 1. The highest BCUT2D eigenvalue weighted by atomic mass is 32.1. The van der Waals surface area contributed by atoms with Crippen LogP contribution in [0.4, 0.5) is 11.6 Å². The fraction of sp³-hybridized carbons (Fsp3) is 0.526. The molecular weight excluding hydrogens is 1340 g/mol. The number of rotatable bonds is 22. The van der Waals surface area contributed by atoms with Crippen LogP contribution < -0.4 is 120 Å². The number of aldehydes is 1. The van der Waals surface area contributed by atoms with Crippen LogP contribution in [0.5, 0.6) is 0 Å². The van der Waals surface area contributed by atoms with Crippen molar-refractivity contribution >= 4 is 125 Å². The largest absolute Gasteiger partial charge is 0.480 e. The zero-order valence-corrected chi connectivity index (χ0v) is 58.6. The van der Waals surface area contributed by atoms with E-state index >= 15 is 0 Å². The molecule has 0 aliphatic heterocycles. The Morgan fingerprint density at radius 3 is 1.56 bits per heavy atom. The molecule has 0 saturated heterocycles. The van der Waals surface area contributed by atoms with Crippen molar-refractivity contribution in [1.82, 2.24) is 100 Å². The summed E-state index contributed by atoms with van der Waals surface area (Å²) in [6.45, 7) is 11.2. The Morgan fingerprint density at radius 2 is 1.16 bits per heavy atom. The number of nitrogens with one attached hydrogen (secondary N) is 17. The highest BCUT2D eigenvalue weighted by Crippen LogP contribution is 2.23. The number of carboxylic acids is 1. The van der Waals surface area contributed by atoms with E-state index in [9.17, 15) is 77.0 Å². The van der Waals surface area contributed by atoms with Gasteiger partial charge >= 0.3 is 5.97 Å². The van der Waals surface area contributed by atoms with E-state index in [1.807, 2.05) is 23.3 Å². The number of hydrogen-bond donors (Lipinski definition) is 24. The molecule has 3 aromatic rings. The molecule has 2 fully saturated rings. The predicted octanol–water partition coefficient (Wildman–Crippen LogP) is -4.93. The standard InChI is InChI=1S/C27H32N10O6.C6H10O.C5H11N3O2.C5H10N2O2.C4H9N3O2.2C3H8N2O.C2H6N2O.C2H8N2S/c28-27-35-23-22(25(41)36-27)33-18(13-31-23)12-29-17-7-5-16(6-8-17)24(40)34-19(26(42)43)9-10-20(38)30-14-21(39)37-32-11-15-3-1-2-4-15;7-5-6-3-1-2-4-6;1-4(9)7-8-5(10)3-6-2;1-3-5(9)7-6-4(2)8;1-3(8)6-7-4(9)2-5;2*1-2-3(6)5-4;1-2(5)4-3;1-3-2-4-5/h5-8,11,13,15,19,29H,1-4,9-10,12,14H2,(H,30,38)(H,34,40)(H,37,39)(H,42,43)(H3,28,31,35,36,41);5-6H,1-4H2;6H,3H2,1-2H3,(H,7,9)(H,8,10);3H2,1-2H3,(H,6,8)(H,7,9);2,5H2,1H3,(H,6,8)(H,7,9);2*2,4H2,1H3,(H,5,6);3H2,1H3,(H,4,5);3-5H,2H2,1H3/b32-11+;;;;;;;;. The monoisotopic (exact) mass is 1440 g/mol. The molecule has 100 heavy (non-hydrogen) atoms. The lowest BCUT2D eigenvalue weighted by molar-refractivity contribution is -0.139. The van der Waals surface area contributed by atoms with Crippen LogP contribution in [0.1, 0.15) is 148 Å². The lowest BCUT2D eigenvalue weighted by atomic mass is 10.1. The summed E-state index contributed by atoms with van der Waals surface area (Å²) < 4.78 is 2.60. The van der Waals surface area contributed by atoms with Gasteiger partial charge in [0.15, 0.2) is 11.2 Å². The molecule has 0 spiro atoms. The van der Waals surface area contributed by atoms with Crippen LogP contribution in [-0.2, 0) is 68.9 Å². The van der Waals surface area contributed by atoms with Gasteiger partial charge in [-0.1, -0.05) is 59.3 Å². The summed E-state index contributed by atoms with van der Waals surface area (Å²) in [5.74, 6) is 9.47. The number of hydrazine groups is 6. The second-order valence-corrected chi connectivity index (χ2v) is 20.5. The summed E-state index contributed by atoms with van der Waals surface area (Å²) in [6, 6.07) is 4.91. The van der Waals surface area contributed by atoms with E-state index in [-0.39, 0.29) is 109 Å². The first kappa shape index (κ1) is 96.0. The van der Waals surface area contributed by atoms with Gasteiger partial charge in [0.05, 0.1) is 44.7 Å². The molecule has 1 aromatic carbocycles. The van der Waals surface area contributed by atoms with E-state index < -0.39 is 41.2 Å². The van der Waals surface area contributed by atoms with Crippen molar-refractivity contribution in [1.29, 1.82) is 0 Å². The van der Waals surface area contributed by atoms with E-state index in [0.717, 1.165) is 51.5 Å². The third-order valence-corrected chi connectivity index (χ3v) is 11.8. The number of H-pyrrole nitrogens is 1. The number of anilines is 2. The number of nitrogens with zero attached hydrogens (tertiary/aromatic N) is 4. The average molecular weight is 1440 g/mol.